The Morgan fingerprint density at radius 2 is 1.92 bits per heavy atom. The van der Waals surface area contributed by atoms with Gasteiger partial charge in [0.1, 0.15) is 0 Å². The molecule has 0 spiro atoms. The lowest BCUT2D eigenvalue weighted by Gasteiger charge is -2.31. The number of nitrogens with one attached hydrogen (secondary N) is 2. The van der Waals surface area contributed by atoms with E-state index in [4.69, 9.17) is 0 Å². The van der Waals surface area contributed by atoms with Crippen molar-refractivity contribution in [3.63, 3.8) is 0 Å². The van der Waals surface area contributed by atoms with Gasteiger partial charge in [0.25, 0.3) is 0 Å². The van der Waals surface area contributed by atoms with E-state index in [1.54, 1.807) is 6.20 Å². The highest BCUT2D eigenvalue weighted by molar-refractivity contribution is 5.82. The van der Waals surface area contributed by atoms with Crippen molar-refractivity contribution in [1.82, 2.24) is 20.4 Å². The summed E-state index contributed by atoms with van der Waals surface area (Å²) in [4.78, 5) is 24.9. The van der Waals surface area contributed by atoms with E-state index in [2.05, 4.69) is 15.7 Å². The van der Waals surface area contributed by atoms with Crippen LogP contribution in [0.1, 0.15) is 57.8 Å². The van der Waals surface area contributed by atoms with Crippen molar-refractivity contribution >= 4 is 11.8 Å². The zero-order valence-corrected chi connectivity index (χ0v) is 15.5. The van der Waals surface area contributed by atoms with Crippen LogP contribution in [0, 0.1) is 17.8 Å². The Labute approximate surface area is 155 Å². The fraction of sp³-hybridized carbons (Fsp3) is 0.750. The summed E-state index contributed by atoms with van der Waals surface area (Å²) in [6, 6.07) is 1.89. The number of fused-ring (bicyclic) bond motifs is 1. The van der Waals surface area contributed by atoms with Gasteiger partial charge in [-0.2, -0.15) is 5.10 Å². The minimum atomic E-state index is -0.234. The molecule has 1 aromatic rings. The van der Waals surface area contributed by atoms with Gasteiger partial charge in [-0.3, -0.25) is 14.3 Å². The number of hydrogen-bond acceptors (Lipinski definition) is 3. The minimum Gasteiger partial charge on any atom is -0.353 e. The lowest BCUT2D eigenvalue weighted by atomic mass is 9.96. The van der Waals surface area contributed by atoms with E-state index in [-0.39, 0.29) is 23.3 Å². The third-order valence-electron chi connectivity index (χ3n) is 6.63. The standard InChI is InChI=1S/C20H30N4O2/c25-17(8-4-12-24-13-5-11-22-24)23-20(9-1-2-10-20)14-21-19(26)18-15-6-3-7-16(15)18/h5,11,13,15-16,18H,1-4,6-10,12,14H2,(H,21,26)(H,23,25). The van der Waals surface area contributed by atoms with Crippen molar-refractivity contribution in [3.8, 4) is 0 Å². The van der Waals surface area contributed by atoms with Crippen molar-refractivity contribution in [1.29, 1.82) is 0 Å². The monoisotopic (exact) mass is 358 g/mol. The van der Waals surface area contributed by atoms with E-state index < -0.39 is 0 Å². The molecule has 1 aromatic heterocycles. The molecule has 26 heavy (non-hydrogen) atoms. The van der Waals surface area contributed by atoms with E-state index in [0.29, 0.717) is 24.8 Å². The molecule has 0 bridgehead atoms. The van der Waals surface area contributed by atoms with Crippen molar-refractivity contribution in [3.05, 3.63) is 18.5 Å². The third-order valence-corrected chi connectivity index (χ3v) is 6.63. The summed E-state index contributed by atoms with van der Waals surface area (Å²) in [7, 11) is 0. The van der Waals surface area contributed by atoms with Gasteiger partial charge in [-0.05, 0) is 50.0 Å². The Kier molecular flexibility index (Phi) is 5.00. The Balaban J connectivity index is 1.23. The SMILES string of the molecule is O=C(CCCn1cccn1)NC1(CNC(=O)C2C3CCCC32)CCCC1. The molecule has 4 rings (SSSR count). The average Bonchev–Trinajstić information content (AvgIpc) is 3.15. The van der Waals surface area contributed by atoms with Crippen LogP contribution in [0.5, 0.6) is 0 Å². The summed E-state index contributed by atoms with van der Waals surface area (Å²) in [5.41, 5.74) is -0.234. The molecule has 2 amide bonds. The first-order valence-corrected chi connectivity index (χ1v) is 10.2. The molecule has 0 saturated heterocycles. The Hall–Kier alpha value is -1.85. The molecule has 6 nitrogen and oxygen atoms in total. The second-order valence-corrected chi connectivity index (χ2v) is 8.41. The number of carbonyl (C=O) groups is 2. The minimum absolute atomic E-state index is 0.0941. The molecule has 2 atom stereocenters. The number of carbonyl (C=O) groups excluding carboxylic acids is 2. The highest BCUT2D eigenvalue weighted by Gasteiger charge is 2.56. The number of aryl methyl sites for hydroxylation is 1. The summed E-state index contributed by atoms with van der Waals surface area (Å²) in [6.07, 6.45) is 12.9. The van der Waals surface area contributed by atoms with Crippen LogP contribution in [-0.4, -0.2) is 33.7 Å². The fourth-order valence-electron chi connectivity index (χ4n) is 5.17. The van der Waals surface area contributed by atoms with E-state index in [0.717, 1.165) is 38.6 Å². The lowest BCUT2D eigenvalue weighted by molar-refractivity contribution is -0.126. The summed E-state index contributed by atoms with van der Waals surface area (Å²) >= 11 is 0. The van der Waals surface area contributed by atoms with E-state index >= 15 is 0 Å². The molecule has 142 valence electrons. The second kappa shape index (κ2) is 7.41. The second-order valence-electron chi connectivity index (χ2n) is 8.41. The molecular formula is C20H30N4O2. The maximum atomic E-state index is 12.5. The summed E-state index contributed by atoms with van der Waals surface area (Å²) in [5, 5.41) is 10.6. The molecule has 1 heterocycles. The smallest absolute Gasteiger partial charge is 0.223 e. The number of hydrogen-bond donors (Lipinski definition) is 2. The molecule has 0 radical (unpaired) electrons. The number of rotatable bonds is 8. The normalized spacial score (nSPS) is 28.5. The van der Waals surface area contributed by atoms with Crippen LogP contribution in [-0.2, 0) is 16.1 Å². The maximum absolute atomic E-state index is 12.5. The van der Waals surface area contributed by atoms with Gasteiger partial charge in [0.05, 0.1) is 5.54 Å². The van der Waals surface area contributed by atoms with Gasteiger partial charge in [-0.1, -0.05) is 19.3 Å². The van der Waals surface area contributed by atoms with Gasteiger partial charge in [-0.15, -0.1) is 0 Å². The van der Waals surface area contributed by atoms with Gasteiger partial charge in [0, 0.05) is 37.8 Å². The van der Waals surface area contributed by atoms with Crippen LogP contribution in [0.25, 0.3) is 0 Å². The van der Waals surface area contributed by atoms with Crippen molar-refractivity contribution in [2.75, 3.05) is 6.54 Å². The predicted molar refractivity (Wildman–Crippen MR) is 98.1 cm³/mol. The van der Waals surface area contributed by atoms with Crippen molar-refractivity contribution in [2.24, 2.45) is 17.8 Å². The van der Waals surface area contributed by atoms with Crippen molar-refractivity contribution < 1.29 is 9.59 Å². The quantitative estimate of drug-likeness (QED) is 0.748. The molecule has 3 fully saturated rings. The molecule has 0 aromatic carbocycles. The van der Waals surface area contributed by atoms with E-state index in [9.17, 15) is 9.59 Å². The van der Waals surface area contributed by atoms with Crippen LogP contribution in [0.2, 0.25) is 0 Å². The van der Waals surface area contributed by atoms with Crippen molar-refractivity contribution in [2.45, 2.75) is 69.9 Å². The molecule has 3 aliphatic carbocycles. The summed E-state index contributed by atoms with van der Waals surface area (Å²) in [5.74, 6) is 1.86. The molecular weight excluding hydrogens is 328 g/mol. The zero-order valence-electron chi connectivity index (χ0n) is 15.5. The number of amides is 2. The summed E-state index contributed by atoms with van der Waals surface area (Å²) < 4.78 is 1.85. The molecule has 2 unspecified atom stereocenters. The Morgan fingerprint density at radius 3 is 2.62 bits per heavy atom. The van der Waals surface area contributed by atoms with Gasteiger partial charge in [0.2, 0.25) is 11.8 Å². The first-order chi connectivity index (χ1) is 12.7. The van der Waals surface area contributed by atoms with Gasteiger partial charge in [-0.25, -0.2) is 0 Å². The maximum Gasteiger partial charge on any atom is 0.223 e. The number of nitrogens with zero attached hydrogens (tertiary/aromatic N) is 2. The van der Waals surface area contributed by atoms with Crippen LogP contribution in [0.3, 0.4) is 0 Å². The first-order valence-electron chi connectivity index (χ1n) is 10.2. The molecule has 6 heteroatoms. The highest BCUT2D eigenvalue weighted by Crippen LogP contribution is 2.57. The van der Waals surface area contributed by atoms with Crippen LogP contribution in [0.4, 0.5) is 0 Å². The highest BCUT2D eigenvalue weighted by atomic mass is 16.2. The summed E-state index contributed by atoms with van der Waals surface area (Å²) in [6.45, 7) is 1.35. The van der Waals surface area contributed by atoms with Crippen LogP contribution < -0.4 is 10.6 Å². The van der Waals surface area contributed by atoms with E-state index in [1.165, 1.54) is 19.3 Å². The molecule has 0 aliphatic heterocycles. The zero-order chi connectivity index (χ0) is 18.0. The van der Waals surface area contributed by atoms with Gasteiger partial charge < -0.3 is 10.6 Å². The largest absolute Gasteiger partial charge is 0.353 e. The van der Waals surface area contributed by atoms with Gasteiger partial charge in [0.15, 0.2) is 0 Å². The Morgan fingerprint density at radius 1 is 1.15 bits per heavy atom. The van der Waals surface area contributed by atoms with Crippen LogP contribution >= 0.6 is 0 Å². The Bertz CT molecular complexity index is 626. The average molecular weight is 358 g/mol. The molecule has 2 N–H and O–H groups in total. The topological polar surface area (TPSA) is 76.0 Å². The molecule has 3 aliphatic rings. The van der Waals surface area contributed by atoms with Crippen LogP contribution in [0.15, 0.2) is 18.5 Å². The van der Waals surface area contributed by atoms with Gasteiger partial charge >= 0.3 is 0 Å². The first kappa shape index (κ1) is 17.6. The predicted octanol–water partition coefficient (Wildman–Crippen LogP) is 2.25. The molecule has 3 saturated carbocycles. The lowest BCUT2D eigenvalue weighted by Crippen LogP contribution is -2.54. The third kappa shape index (κ3) is 3.79. The fourth-order valence-corrected chi connectivity index (χ4v) is 5.17. The number of aromatic nitrogens is 2. The van der Waals surface area contributed by atoms with E-state index in [1.807, 2.05) is 16.9 Å².